The minimum Gasteiger partial charge on any atom is -0.449 e. The van der Waals surface area contributed by atoms with Gasteiger partial charge in [-0.05, 0) is 43.7 Å². The molecule has 7 nitrogen and oxygen atoms in total. The number of ether oxygens (including phenoxy) is 1. The van der Waals surface area contributed by atoms with Gasteiger partial charge in [0, 0.05) is 13.1 Å². The Labute approximate surface area is 170 Å². The van der Waals surface area contributed by atoms with E-state index in [0.717, 1.165) is 11.1 Å². The van der Waals surface area contributed by atoms with Crippen molar-refractivity contribution in [3.63, 3.8) is 0 Å². The van der Waals surface area contributed by atoms with Crippen LogP contribution in [-0.2, 0) is 26.1 Å². The van der Waals surface area contributed by atoms with E-state index in [-0.39, 0.29) is 17.0 Å². The summed E-state index contributed by atoms with van der Waals surface area (Å²) in [4.78, 5) is 24.4. The molecule has 0 aromatic heterocycles. The molecule has 0 fully saturated rings. The number of esters is 1. The molecule has 0 radical (unpaired) electrons. The number of amides is 1. The number of benzene rings is 2. The minimum absolute atomic E-state index is 0.0137. The predicted molar refractivity (Wildman–Crippen MR) is 110 cm³/mol. The van der Waals surface area contributed by atoms with Gasteiger partial charge in [-0.25, -0.2) is 17.9 Å². The fourth-order valence-electron chi connectivity index (χ4n) is 2.34. The molecule has 2 rings (SSSR count). The molecule has 0 spiro atoms. The van der Waals surface area contributed by atoms with Crippen molar-refractivity contribution in [2.45, 2.75) is 31.4 Å². The molecular formula is C21H24N2O5S. The van der Waals surface area contributed by atoms with Crippen LogP contribution in [0.25, 0.3) is 0 Å². The van der Waals surface area contributed by atoms with Gasteiger partial charge in [-0.1, -0.05) is 35.9 Å². The molecule has 0 saturated heterocycles. The van der Waals surface area contributed by atoms with Crippen molar-refractivity contribution in [3.05, 3.63) is 77.9 Å². The van der Waals surface area contributed by atoms with E-state index >= 15 is 0 Å². The van der Waals surface area contributed by atoms with Crippen molar-refractivity contribution in [1.82, 2.24) is 10.0 Å². The van der Waals surface area contributed by atoms with Crippen molar-refractivity contribution in [1.29, 1.82) is 0 Å². The van der Waals surface area contributed by atoms with E-state index in [2.05, 4.69) is 16.6 Å². The van der Waals surface area contributed by atoms with E-state index in [0.29, 0.717) is 6.54 Å². The lowest BCUT2D eigenvalue weighted by Crippen LogP contribution is -2.35. The average molecular weight is 416 g/mol. The second-order valence-electron chi connectivity index (χ2n) is 6.42. The van der Waals surface area contributed by atoms with Gasteiger partial charge in [0.2, 0.25) is 10.0 Å². The van der Waals surface area contributed by atoms with Crippen LogP contribution in [0.1, 0.15) is 28.4 Å². The summed E-state index contributed by atoms with van der Waals surface area (Å²) < 4.78 is 31.5. The number of aryl methyl sites for hydroxylation is 1. The highest BCUT2D eigenvalue weighted by molar-refractivity contribution is 7.89. The van der Waals surface area contributed by atoms with E-state index in [1.807, 2.05) is 31.2 Å². The first kappa shape index (κ1) is 22.3. The largest absolute Gasteiger partial charge is 0.449 e. The Kier molecular flexibility index (Phi) is 7.69. The highest BCUT2D eigenvalue weighted by Crippen LogP contribution is 2.12. The molecule has 2 aromatic carbocycles. The number of hydrogen-bond donors (Lipinski definition) is 2. The fraction of sp³-hybridized carbons (Fsp3) is 0.238. The van der Waals surface area contributed by atoms with Crippen molar-refractivity contribution in [3.8, 4) is 0 Å². The first-order chi connectivity index (χ1) is 13.7. The molecule has 2 aromatic rings. The third kappa shape index (κ3) is 6.55. The Bertz CT molecular complexity index is 967. The zero-order chi connectivity index (χ0) is 21.4. The minimum atomic E-state index is -3.68. The number of rotatable bonds is 9. The second kappa shape index (κ2) is 9.99. The van der Waals surface area contributed by atoms with Crippen LogP contribution in [0.3, 0.4) is 0 Å². The van der Waals surface area contributed by atoms with Crippen LogP contribution in [0.15, 0.2) is 66.1 Å². The maximum atomic E-state index is 12.2. The van der Waals surface area contributed by atoms with Gasteiger partial charge in [-0.3, -0.25) is 4.79 Å². The quantitative estimate of drug-likeness (QED) is 0.483. The Hall–Kier alpha value is -2.97. The third-order valence-electron chi connectivity index (χ3n) is 4.06. The maximum Gasteiger partial charge on any atom is 0.338 e. The van der Waals surface area contributed by atoms with Gasteiger partial charge < -0.3 is 10.1 Å². The number of carbonyl (C=O) groups excluding carboxylic acids is 2. The Morgan fingerprint density at radius 1 is 1.10 bits per heavy atom. The monoisotopic (exact) mass is 416 g/mol. The number of hydrogen-bond acceptors (Lipinski definition) is 5. The van der Waals surface area contributed by atoms with Crippen molar-refractivity contribution < 1.29 is 22.7 Å². The van der Waals surface area contributed by atoms with Crippen LogP contribution >= 0.6 is 0 Å². The normalized spacial score (nSPS) is 12.1. The summed E-state index contributed by atoms with van der Waals surface area (Å²) in [5.41, 5.74) is 2.20. The molecule has 1 amide bonds. The molecule has 0 unspecified atom stereocenters. The third-order valence-corrected chi connectivity index (χ3v) is 5.50. The van der Waals surface area contributed by atoms with Gasteiger partial charge in [0.25, 0.3) is 5.91 Å². The highest BCUT2D eigenvalue weighted by atomic mass is 32.2. The molecule has 154 valence electrons. The van der Waals surface area contributed by atoms with Gasteiger partial charge in [-0.15, -0.1) is 6.58 Å². The van der Waals surface area contributed by atoms with Gasteiger partial charge in [0.05, 0.1) is 10.5 Å². The summed E-state index contributed by atoms with van der Waals surface area (Å²) in [6.07, 6.45) is 0.430. The molecule has 29 heavy (non-hydrogen) atoms. The summed E-state index contributed by atoms with van der Waals surface area (Å²) in [5.74, 6) is -1.14. The standard InChI is InChI=1S/C21H24N2O5S/c1-4-13-23-29(26,27)19-11-9-18(10-12-19)21(25)28-16(3)20(24)22-14-17-7-5-15(2)6-8-17/h4-12,16,23H,1,13-14H2,2-3H3,(H,22,24)/t16-/m0/s1. The van der Waals surface area contributed by atoms with Crippen molar-refractivity contribution >= 4 is 21.9 Å². The van der Waals surface area contributed by atoms with Crippen molar-refractivity contribution in [2.75, 3.05) is 6.54 Å². The Morgan fingerprint density at radius 2 is 1.72 bits per heavy atom. The van der Waals surface area contributed by atoms with Crippen LogP contribution in [0.5, 0.6) is 0 Å². The van der Waals surface area contributed by atoms with Crippen molar-refractivity contribution in [2.24, 2.45) is 0 Å². The van der Waals surface area contributed by atoms with Crippen LogP contribution < -0.4 is 10.0 Å². The fourth-order valence-corrected chi connectivity index (χ4v) is 3.34. The molecule has 2 N–H and O–H groups in total. The highest BCUT2D eigenvalue weighted by Gasteiger charge is 2.20. The summed E-state index contributed by atoms with van der Waals surface area (Å²) >= 11 is 0. The molecule has 0 aliphatic rings. The topological polar surface area (TPSA) is 102 Å². The summed E-state index contributed by atoms with van der Waals surface area (Å²) in [7, 11) is -3.68. The molecular weight excluding hydrogens is 392 g/mol. The smallest absolute Gasteiger partial charge is 0.338 e. The Morgan fingerprint density at radius 3 is 2.31 bits per heavy atom. The van der Waals surface area contributed by atoms with E-state index in [9.17, 15) is 18.0 Å². The predicted octanol–water partition coefficient (Wildman–Crippen LogP) is 2.32. The Balaban J connectivity index is 1.92. The van der Waals surface area contributed by atoms with Crippen LogP contribution in [-0.4, -0.2) is 32.9 Å². The molecule has 0 bridgehead atoms. The van der Waals surface area contributed by atoms with Crippen LogP contribution in [0.2, 0.25) is 0 Å². The van der Waals surface area contributed by atoms with Gasteiger partial charge in [-0.2, -0.15) is 0 Å². The van der Waals surface area contributed by atoms with E-state index in [4.69, 9.17) is 4.74 Å². The van der Waals surface area contributed by atoms with Crippen LogP contribution in [0, 0.1) is 6.92 Å². The van der Waals surface area contributed by atoms with Gasteiger partial charge in [0.15, 0.2) is 6.10 Å². The van der Waals surface area contributed by atoms with Gasteiger partial charge >= 0.3 is 5.97 Å². The lowest BCUT2D eigenvalue weighted by molar-refractivity contribution is -0.129. The average Bonchev–Trinajstić information content (AvgIpc) is 2.71. The lowest BCUT2D eigenvalue weighted by Gasteiger charge is -2.14. The second-order valence-corrected chi connectivity index (χ2v) is 8.18. The molecule has 0 heterocycles. The number of sulfonamides is 1. The summed E-state index contributed by atoms with van der Waals surface area (Å²) in [6.45, 7) is 7.32. The number of carbonyl (C=O) groups is 2. The summed E-state index contributed by atoms with van der Waals surface area (Å²) in [5, 5.41) is 2.71. The van der Waals surface area contributed by atoms with E-state index in [1.54, 1.807) is 0 Å². The molecule has 1 atom stereocenters. The molecule has 0 saturated carbocycles. The molecule has 0 aliphatic carbocycles. The maximum absolute atomic E-state index is 12.2. The molecule has 0 aliphatic heterocycles. The van der Waals surface area contributed by atoms with Gasteiger partial charge in [0.1, 0.15) is 0 Å². The first-order valence-corrected chi connectivity index (χ1v) is 10.5. The summed E-state index contributed by atoms with van der Waals surface area (Å²) in [6, 6.07) is 13.0. The SMILES string of the molecule is C=CCNS(=O)(=O)c1ccc(C(=O)O[C@@H](C)C(=O)NCc2ccc(C)cc2)cc1. The zero-order valence-corrected chi connectivity index (χ0v) is 17.2. The number of nitrogens with one attached hydrogen (secondary N) is 2. The zero-order valence-electron chi connectivity index (χ0n) is 16.3. The van der Waals surface area contributed by atoms with E-state index < -0.39 is 28.0 Å². The molecule has 8 heteroatoms. The van der Waals surface area contributed by atoms with Crippen LogP contribution in [0.4, 0.5) is 0 Å². The van der Waals surface area contributed by atoms with E-state index in [1.165, 1.54) is 37.3 Å². The lowest BCUT2D eigenvalue weighted by atomic mass is 10.1. The first-order valence-electron chi connectivity index (χ1n) is 8.98.